The fourth-order valence-electron chi connectivity index (χ4n) is 2.32. The van der Waals surface area contributed by atoms with Gasteiger partial charge in [-0.2, -0.15) is 13.2 Å². The highest BCUT2D eigenvalue weighted by molar-refractivity contribution is 7.24. The third-order valence-electron chi connectivity index (χ3n) is 3.57. The van der Waals surface area contributed by atoms with Crippen LogP contribution in [0.1, 0.15) is 27.9 Å². The third-order valence-corrected chi connectivity index (χ3v) is 6.01. The summed E-state index contributed by atoms with van der Waals surface area (Å²) in [5.74, 6) is -0.395. The van der Waals surface area contributed by atoms with E-state index >= 15 is 0 Å². The van der Waals surface area contributed by atoms with Gasteiger partial charge in [0.25, 0.3) is 0 Å². The molecule has 0 atom stereocenters. The number of aryl methyl sites for hydroxylation is 1. The van der Waals surface area contributed by atoms with Crippen LogP contribution in [0.4, 0.5) is 13.2 Å². The summed E-state index contributed by atoms with van der Waals surface area (Å²) in [7, 11) is 0. The van der Waals surface area contributed by atoms with Crippen molar-refractivity contribution in [2.75, 3.05) is 6.61 Å². The van der Waals surface area contributed by atoms with Gasteiger partial charge in [-0.15, -0.1) is 22.7 Å². The van der Waals surface area contributed by atoms with E-state index in [0.29, 0.717) is 27.7 Å². The number of carbonyl (C=O) groups is 1. The summed E-state index contributed by atoms with van der Waals surface area (Å²) in [5, 5.41) is 0.689. The van der Waals surface area contributed by atoms with Crippen molar-refractivity contribution in [3.8, 4) is 20.3 Å². The van der Waals surface area contributed by atoms with Crippen LogP contribution in [-0.4, -0.2) is 17.6 Å². The molecule has 0 unspecified atom stereocenters. The van der Waals surface area contributed by atoms with Crippen molar-refractivity contribution < 1.29 is 22.7 Å². The number of aromatic nitrogens is 1. The second-order valence-corrected chi connectivity index (χ2v) is 7.48. The number of hydrogen-bond donors (Lipinski definition) is 0. The van der Waals surface area contributed by atoms with E-state index in [1.807, 2.05) is 12.1 Å². The molecule has 0 radical (unpaired) electrons. The zero-order valence-electron chi connectivity index (χ0n) is 13.9. The Kier molecular flexibility index (Phi) is 5.15. The quantitative estimate of drug-likeness (QED) is 0.504. The standard InChI is InChI=1S/C18H14F3NO2S2/c1-3-24-17(23)15-10(2)22-16(26-15)14-9-8-13(25-14)11-4-6-12(7-5-11)18(19,20)21/h4-9H,3H2,1-2H3. The van der Waals surface area contributed by atoms with Gasteiger partial charge in [0.05, 0.1) is 22.7 Å². The van der Waals surface area contributed by atoms with E-state index in [1.165, 1.54) is 34.8 Å². The van der Waals surface area contributed by atoms with Crippen molar-refractivity contribution >= 4 is 28.6 Å². The fraction of sp³-hybridized carbons (Fsp3) is 0.222. The van der Waals surface area contributed by atoms with Gasteiger partial charge in [-0.05, 0) is 43.7 Å². The van der Waals surface area contributed by atoms with Crippen molar-refractivity contribution in [2.45, 2.75) is 20.0 Å². The van der Waals surface area contributed by atoms with E-state index in [2.05, 4.69) is 4.98 Å². The van der Waals surface area contributed by atoms with Crippen LogP contribution in [0, 0.1) is 6.92 Å². The SMILES string of the molecule is CCOC(=O)c1sc(-c2ccc(-c3ccc(C(F)(F)F)cc3)s2)nc1C. The largest absolute Gasteiger partial charge is 0.462 e. The van der Waals surface area contributed by atoms with E-state index in [0.717, 1.165) is 21.9 Å². The molecule has 0 amide bonds. The molecule has 0 spiro atoms. The minimum absolute atomic E-state index is 0.294. The molecular weight excluding hydrogens is 383 g/mol. The van der Waals surface area contributed by atoms with E-state index in [9.17, 15) is 18.0 Å². The average molecular weight is 397 g/mol. The monoisotopic (exact) mass is 397 g/mol. The lowest BCUT2D eigenvalue weighted by Gasteiger charge is -2.06. The second-order valence-electron chi connectivity index (χ2n) is 5.39. The van der Waals surface area contributed by atoms with Gasteiger partial charge in [0.2, 0.25) is 0 Å². The van der Waals surface area contributed by atoms with Crippen LogP contribution in [0.15, 0.2) is 36.4 Å². The summed E-state index contributed by atoms with van der Waals surface area (Å²) in [5.41, 5.74) is 0.633. The predicted molar refractivity (Wildman–Crippen MR) is 96.6 cm³/mol. The molecule has 0 bridgehead atoms. The van der Waals surface area contributed by atoms with Crippen molar-refractivity contribution in [3.63, 3.8) is 0 Å². The predicted octanol–water partition coefficient (Wildman–Crippen LogP) is 6.04. The number of nitrogens with zero attached hydrogens (tertiary/aromatic N) is 1. The number of alkyl halides is 3. The van der Waals surface area contributed by atoms with Crippen LogP contribution >= 0.6 is 22.7 Å². The number of halogens is 3. The fourth-order valence-corrected chi connectivity index (χ4v) is 4.35. The first kappa shape index (κ1) is 18.6. The molecular formula is C18H14F3NO2S2. The molecule has 0 aliphatic heterocycles. The molecule has 0 aliphatic carbocycles. The van der Waals surface area contributed by atoms with E-state index in [-0.39, 0.29) is 0 Å². The number of ether oxygens (including phenoxy) is 1. The molecule has 3 aromatic rings. The number of hydrogen-bond acceptors (Lipinski definition) is 5. The Balaban J connectivity index is 1.86. The Morgan fingerprint density at radius 1 is 1.08 bits per heavy atom. The van der Waals surface area contributed by atoms with Gasteiger partial charge < -0.3 is 4.74 Å². The lowest BCUT2D eigenvalue weighted by atomic mass is 10.1. The zero-order chi connectivity index (χ0) is 18.9. The molecule has 2 heterocycles. The van der Waals surface area contributed by atoms with Crippen LogP contribution in [0.2, 0.25) is 0 Å². The van der Waals surface area contributed by atoms with Crippen LogP contribution in [0.25, 0.3) is 20.3 Å². The summed E-state index contributed by atoms with van der Waals surface area (Å²) >= 11 is 2.67. The topological polar surface area (TPSA) is 39.2 Å². The minimum Gasteiger partial charge on any atom is -0.462 e. The Morgan fingerprint density at radius 2 is 1.73 bits per heavy atom. The normalized spacial score (nSPS) is 11.6. The Hall–Kier alpha value is -2.19. The van der Waals surface area contributed by atoms with Crippen molar-refractivity contribution in [2.24, 2.45) is 0 Å². The minimum atomic E-state index is -4.35. The molecule has 3 nitrogen and oxygen atoms in total. The molecule has 0 saturated heterocycles. The molecule has 0 N–H and O–H groups in total. The summed E-state index contributed by atoms with van der Waals surface area (Å²) in [6.45, 7) is 3.78. The molecule has 0 saturated carbocycles. The number of thiophene rings is 1. The van der Waals surface area contributed by atoms with Crippen LogP contribution in [-0.2, 0) is 10.9 Å². The van der Waals surface area contributed by atoms with Crippen LogP contribution in [0.5, 0.6) is 0 Å². The molecule has 1 aromatic carbocycles. The molecule has 136 valence electrons. The number of rotatable bonds is 4. The number of esters is 1. The first-order valence-electron chi connectivity index (χ1n) is 7.72. The highest BCUT2D eigenvalue weighted by Crippen LogP contribution is 2.38. The second kappa shape index (κ2) is 7.20. The van der Waals surface area contributed by atoms with Crippen LogP contribution in [0.3, 0.4) is 0 Å². The maximum absolute atomic E-state index is 12.7. The van der Waals surface area contributed by atoms with Gasteiger partial charge in [0, 0.05) is 4.88 Å². The molecule has 3 rings (SSSR count). The van der Waals surface area contributed by atoms with E-state index in [4.69, 9.17) is 4.74 Å². The Morgan fingerprint density at radius 3 is 2.35 bits per heavy atom. The smallest absolute Gasteiger partial charge is 0.416 e. The molecule has 2 aromatic heterocycles. The molecule has 0 fully saturated rings. The summed E-state index contributed by atoms with van der Waals surface area (Å²) in [6.07, 6.45) is -4.35. The van der Waals surface area contributed by atoms with Gasteiger partial charge in [0.1, 0.15) is 9.88 Å². The van der Waals surface area contributed by atoms with Gasteiger partial charge in [-0.1, -0.05) is 12.1 Å². The molecule has 26 heavy (non-hydrogen) atoms. The molecule has 8 heteroatoms. The summed E-state index contributed by atoms with van der Waals surface area (Å²) in [6, 6.07) is 8.74. The van der Waals surface area contributed by atoms with E-state index < -0.39 is 17.7 Å². The molecule has 0 aliphatic rings. The van der Waals surface area contributed by atoms with E-state index in [1.54, 1.807) is 13.8 Å². The van der Waals surface area contributed by atoms with Gasteiger partial charge in [-0.25, -0.2) is 9.78 Å². The van der Waals surface area contributed by atoms with Crippen molar-refractivity contribution in [1.82, 2.24) is 4.98 Å². The number of benzene rings is 1. The maximum Gasteiger partial charge on any atom is 0.416 e. The van der Waals surface area contributed by atoms with Crippen molar-refractivity contribution in [3.05, 3.63) is 52.5 Å². The first-order valence-corrected chi connectivity index (χ1v) is 9.35. The lowest BCUT2D eigenvalue weighted by molar-refractivity contribution is -0.137. The van der Waals surface area contributed by atoms with Gasteiger partial charge >= 0.3 is 12.1 Å². The zero-order valence-corrected chi connectivity index (χ0v) is 15.5. The number of carbonyl (C=O) groups excluding carboxylic acids is 1. The maximum atomic E-state index is 12.7. The Bertz CT molecular complexity index is 927. The number of thiazole rings is 1. The first-order chi connectivity index (χ1) is 12.3. The highest BCUT2D eigenvalue weighted by atomic mass is 32.1. The summed E-state index contributed by atoms with van der Waals surface area (Å²) < 4.78 is 43.0. The summed E-state index contributed by atoms with van der Waals surface area (Å²) in [4.78, 5) is 18.5. The Labute approximate surface area is 156 Å². The third kappa shape index (κ3) is 3.81. The van der Waals surface area contributed by atoms with Gasteiger partial charge in [0.15, 0.2) is 0 Å². The highest BCUT2D eigenvalue weighted by Gasteiger charge is 2.30. The van der Waals surface area contributed by atoms with Crippen LogP contribution < -0.4 is 0 Å². The van der Waals surface area contributed by atoms with Crippen molar-refractivity contribution in [1.29, 1.82) is 0 Å². The average Bonchev–Trinajstić information content (AvgIpc) is 3.21. The lowest BCUT2D eigenvalue weighted by Crippen LogP contribution is -2.03. The van der Waals surface area contributed by atoms with Gasteiger partial charge in [-0.3, -0.25) is 0 Å².